The molecule has 1 unspecified atom stereocenters. The number of amides is 1. The van der Waals surface area contributed by atoms with Crippen molar-refractivity contribution in [3.05, 3.63) is 81.9 Å². The zero-order chi connectivity index (χ0) is 23.9. The van der Waals surface area contributed by atoms with Crippen LogP contribution in [0.3, 0.4) is 0 Å². The Morgan fingerprint density at radius 1 is 1.03 bits per heavy atom. The molecule has 35 heavy (non-hydrogen) atoms. The van der Waals surface area contributed by atoms with Gasteiger partial charge in [-0.2, -0.15) is 15.0 Å². The standard InChI is InChI=1S/C26H27N7O2/c1-17(34)32-10-8-31(9-11-32)16-18-2-4-23-19(12-18)15-25(29-23)22-14-20-13-21(33-27-6-7-28-33)3-5-24(20)30-26(22)35/h2-7,12-14,25,29H,8-11,15-16H2,1H3,(H,30,35). The summed E-state index contributed by atoms with van der Waals surface area (Å²) in [5, 5.41) is 12.9. The molecule has 2 aliphatic heterocycles. The van der Waals surface area contributed by atoms with Gasteiger partial charge in [0.05, 0.1) is 24.1 Å². The predicted molar refractivity (Wildman–Crippen MR) is 134 cm³/mol. The lowest BCUT2D eigenvalue weighted by Gasteiger charge is -2.34. The van der Waals surface area contributed by atoms with Crippen molar-refractivity contribution in [2.24, 2.45) is 0 Å². The summed E-state index contributed by atoms with van der Waals surface area (Å²) in [4.78, 5) is 33.4. The van der Waals surface area contributed by atoms with Crippen LogP contribution in [0.5, 0.6) is 0 Å². The van der Waals surface area contributed by atoms with Crippen molar-refractivity contribution in [3.8, 4) is 5.69 Å². The van der Waals surface area contributed by atoms with Crippen LogP contribution in [0.25, 0.3) is 16.6 Å². The van der Waals surface area contributed by atoms with Gasteiger partial charge in [0.2, 0.25) is 5.91 Å². The van der Waals surface area contributed by atoms with E-state index in [2.05, 4.69) is 43.6 Å². The monoisotopic (exact) mass is 469 g/mol. The third kappa shape index (κ3) is 4.19. The van der Waals surface area contributed by atoms with Crippen molar-refractivity contribution < 1.29 is 4.79 Å². The minimum Gasteiger partial charge on any atom is -0.377 e. The second kappa shape index (κ2) is 8.66. The number of H-pyrrole nitrogens is 1. The minimum absolute atomic E-state index is 0.0728. The zero-order valence-corrected chi connectivity index (χ0v) is 19.6. The first-order valence-corrected chi connectivity index (χ1v) is 11.9. The van der Waals surface area contributed by atoms with Gasteiger partial charge < -0.3 is 15.2 Å². The van der Waals surface area contributed by atoms with Gasteiger partial charge in [0.25, 0.3) is 5.56 Å². The van der Waals surface area contributed by atoms with Crippen molar-refractivity contribution in [2.45, 2.75) is 25.9 Å². The van der Waals surface area contributed by atoms with E-state index in [-0.39, 0.29) is 17.5 Å². The molecule has 9 nitrogen and oxygen atoms in total. The summed E-state index contributed by atoms with van der Waals surface area (Å²) in [5.74, 6) is 0.150. The maximum atomic E-state index is 12.9. The molecule has 1 atom stereocenters. The summed E-state index contributed by atoms with van der Waals surface area (Å²) in [7, 11) is 0. The highest BCUT2D eigenvalue weighted by Crippen LogP contribution is 2.34. The Bertz CT molecular complexity index is 1450. The molecule has 9 heteroatoms. The molecule has 0 radical (unpaired) electrons. The number of rotatable bonds is 4. The first-order valence-electron chi connectivity index (χ1n) is 11.9. The summed E-state index contributed by atoms with van der Waals surface area (Å²) in [6, 6.07) is 14.2. The second-order valence-electron chi connectivity index (χ2n) is 9.32. The molecular weight excluding hydrogens is 442 g/mol. The van der Waals surface area contributed by atoms with Crippen LogP contribution in [0.15, 0.2) is 59.7 Å². The zero-order valence-electron chi connectivity index (χ0n) is 19.6. The molecule has 4 heterocycles. The van der Waals surface area contributed by atoms with Gasteiger partial charge in [-0.15, -0.1) is 0 Å². The molecule has 0 aliphatic carbocycles. The lowest BCUT2D eigenvalue weighted by molar-refractivity contribution is -0.130. The summed E-state index contributed by atoms with van der Waals surface area (Å²) in [6.07, 6.45) is 4.04. The highest BCUT2D eigenvalue weighted by molar-refractivity contribution is 5.81. The summed E-state index contributed by atoms with van der Waals surface area (Å²) < 4.78 is 0. The van der Waals surface area contributed by atoms with Gasteiger partial charge in [0.15, 0.2) is 0 Å². The SMILES string of the molecule is CC(=O)N1CCN(Cc2ccc3c(c2)CC(c2cc4cc(-n5nccn5)ccc4[nH]c2=O)N3)CC1. The fourth-order valence-electron chi connectivity index (χ4n) is 5.12. The number of carbonyl (C=O) groups excluding carboxylic acids is 1. The molecule has 2 aliphatic rings. The van der Waals surface area contributed by atoms with E-state index in [0.29, 0.717) is 0 Å². The van der Waals surface area contributed by atoms with Crippen LogP contribution in [0.2, 0.25) is 0 Å². The summed E-state index contributed by atoms with van der Waals surface area (Å²) in [6.45, 7) is 5.85. The summed E-state index contributed by atoms with van der Waals surface area (Å²) >= 11 is 0. The maximum absolute atomic E-state index is 12.9. The molecule has 178 valence electrons. The van der Waals surface area contributed by atoms with E-state index < -0.39 is 0 Å². The number of piperazine rings is 1. The van der Waals surface area contributed by atoms with E-state index in [1.807, 2.05) is 29.2 Å². The average Bonchev–Trinajstić information content (AvgIpc) is 3.54. The highest BCUT2D eigenvalue weighted by atomic mass is 16.2. The highest BCUT2D eigenvalue weighted by Gasteiger charge is 2.25. The van der Waals surface area contributed by atoms with Gasteiger partial charge in [0.1, 0.15) is 0 Å². The van der Waals surface area contributed by atoms with Crippen molar-refractivity contribution in [3.63, 3.8) is 0 Å². The Hall–Kier alpha value is -3.98. The number of fused-ring (bicyclic) bond motifs is 2. The minimum atomic E-state index is -0.0843. The van der Waals surface area contributed by atoms with Crippen LogP contribution >= 0.6 is 0 Å². The van der Waals surface area contributed by atoms with Gasteiger partial charge in [-0.1, -0.05) is 12.1 Å². The number of benzene rings is 2. The molecule has 2 aromatic heterocycles. The van der Waals surface area contributed by atoms with E-state index in [9.17, 15) is 9.59 Å². The van der Waals surface area contributed by atoms with E-state index in [0.717, 1.165) is 67.0 Å². The Labute approximate surface area is 202 Å². The van der Waals surface area contributed by atoms with Crippen LogP contribution in [-0.4, -0.2) is 61.9 Å². The quantitative estimate of drug-likeness (QED) is 0.477. The molecular formula is C26H27N7O2. The van der Waals surface area contributed by atoms with Crippen LogP contribution < -0.4 is 10.9 Å². The van der Waals surface area contributed by atoms with Crippen molar-refractivity contribution in [2.75, 3.05) is 31.5 Å². The number of hydrogen-bond donors (Lipinski definition) is 2. The molecule has 6 rings (SSSR count). The number of pyridine rings is 1. The van der Waals surface area contributed by atoms with Crippen LogP contribution in [0, 0.1) is 0 Å². The van der Waals surface area contributed by atoms with Gasteiger partial charge in [0, 0.05) is 61.8 Å². The van der Waals surface area contributed by atoms with Gasteiger partial charge >= 0.3 is 0 Å². The maximum Gasteiger partial charge on any atom is 0.253 e. The van der Waals surface area contributed by atoms with Gasteiger partial charge in [-0.05, 0) is 47.9 Å². The third-order valence-electron chi connectivity index (χ3n) is 7.03. The number of anilines is 1. The Kier molecular flexibility index (Phi) is 5.33. The number of aromatic nitrogens is 4. The number of hydrogen-bond acceptors (Lipinski definition) is 6. The Morgan fingerprint density at radius 3 is 2.60 bits per heavy atom. The molecule has 1 saturated heterocycles. The number of carbonyl (C=O) groups is 1. The Balaban J connectivity index is 1.20. The van der Waals surface area contributed by atoms with E-state index in [1.54, 1.807) is 24.1 Å². The topological polar surface area (TPSA) is 99.2 Å². The molecule has 0 spiro atoms. The Morgan fingerprint density at radius 2 is 1.83 bits per heavy atom. The van der Waals surface area contributed by atoms with E-state index >= 15 is 0 Å². The fraction of sp³-hybridized carbons (Fsp3) is 0.308. The van der Waals surface area contributed by atoms with E-state index in [1.165, 1.54) is 11.1 Å². The van der Waals surface area contributed by atoms with Gasteiger partial charge in [-0.25, -0.2) is 0 Å². The molecule has 0 bridgehead atoms. The molecule has 0 saturated carbocycles. The molecule has 4 aromatic rings. The fourth-order valence-corrected chi connectivity index (χ4v) is 5.12. The third-order valence-corrected chi connectivity index (χ3v) is 7.03. The molecule has 2 aromatic carbocycles. The largest absolute Gasteiger partial charge is 0.377 e. The number of nitrogens with one attached hydrogen (secondary N) is 2. The second-order valence-corrected chi connectivity index (χ2v) is 9.32. The lowest BCUT2D eigenvalue weighted by Crippen LogP contribution is -2.47. The molecule has 2 N–H and O–H groups in total. The summed E-state index contributed by atoms with van der Waals surface area (Å²) in [5.41, 5.74) is 5.84. The number of aromatic amines is 1. The smallest absolute Gasteiger partial charge is 0.253 e. The first kappa shape index (κ1) is 21.5. The normalized spacial score (nSPS) is 18.0. The number of nitrogens with zero attached hydrogens (tertiary/aromatic N) is 5. The molecule has 1 amide bonds. The van der Waals surface area contributed by atoms with Crippen LogP contribution in [-0.2, 0) is 17.8 Å². The molecule has 1 fully saturated rings. The van der Waals surface area contributed by atoms with E-state index in [4.69, 9.17) is 0 Å². The first-order chi connectivity index (χ1) is 17.0. The van der Waals surface area contributed by atoms with Crippen molar-refractivity contribution >= 4 is 22.5 Å². The van der Waals surface area contributed by atoms with Crippen LogP contribution in [0.1, 0.15) is 29.7 Å². The predicted octanol–water partition coefficient (Wildman–Crippen LogP) is 2.48. The van der Waals surface area contributed by atoms with Crippen molar-refractivity contribution in [1.29, 1.82) is 0 Å². The lowest BCUT2D eigenvalue weighted by atomic mass is 10.0. The van der Waals surface area contributed by atoms with Crippen LogP contribution in [0.4, 0.5) is 5.69 Å². The van der Waals surface area contributed by atoms with Gasteiger partial charge in [-0.3, -0.25) is 14.5 Å². The van der Waals surface area contributed by atoms with Crippen molar-refractivity contribution in [1.82, 2.24) is 29.8 Å². The average molecular weight is 470 g/mol.